The molecule has 2 saturated heterocycles. The van der Waals surface area contributed by atoms with E-state index in [9.17, 15) is 20.1 Å². The van der Waals surface area contributed by atoms with Crippen molar-refractivity contribution in [1.82, 2.24) is 9.88 Å². The zero-order valence-electron chi connectivity index (χ0n) is 14.6. The van der Waals surface area contributed by atoms with Gasteiger partial charge in [-0.05, 0) is 43.9 Å². The van der Waals surface area contributed by atoms with Gasteiger partial charge in [0, 0.05) is 41.7 Å². The van der Waals surface area contributed by atoms with Crippen molar-refractivity contribution in [2.45, 2.75) is 44.2 Å². The van der Waals surface area contributed by atoms with E-state index in [1.54, 1.807) is 4.57 Å². The normalized spacial score (nSPS) is 27.8. The van der Waals surface area contributed by atoms with Crippen LogP contribution in [0.4, 0.5) is 5.69 Å². The molecule has 2 aromatic rings. The number of hydrogen-bond acceptors (Lipinski definition) is 6. The van der Waals surface area contributed by atoms with Crippen LogP contribution < -0.4 is 10.2 Å². The number of nitrogens with one attached hydrogen (secondary N) is 1. The average molecular weight is 359 g/mol. The van der Waals surface area contributed by atoms with Crippen molar-refractivity contribution in [3.8, 4) is 5.88 Å². The molecule has 7 heteroatoms. The summed E-state index contributed by atoms with van der Waals surface area (Å²) < 4.78 is 1.69. The first-order valence-electron chi connectivity index (χ1n) is 9.23. The predicted octanol–water partition coefficient (Wildman–Crippen LogP) is 1.32. The number of anilines is 1. The van der Waals surface area contributed by atoms with Crippen molar-refractivity contribution in [2.75, 3.05) is 18.0 Å². The van der Waals surface area contributed by atoms with E-state index in [4.69, 9.17) is 0 Å². The molecule has 7 nitrogen and oxygen atoms in total. The summed E-state index contributed by atoms with van der Waals surface area (Å²) in [5.41, 5.74) is 1.08. The van der Waals surface area contributed by atoms with Crippen molar-refractivity contribution < 1.29 is 20.1 Å². The van der Waals surface area contributed by atoms with E-state index in [-0.39, 0.29) is 17.8 Å². The Morgan fingerprint density at radius 1 is 1.12 bits per heavy atom. The molecule has 1 aromatic carbocycles. The third-order valence-electron chi connectivity index (χ3n) is 5.72. The number of aliphatic hydroxyl groups excluding tert-OH is 2. The van der Waals surface area contributed by atoms with Crippen LogP contribution in [0.3, 0.4) is 0 Å². The molecule has 2 aliphatic heterocycles. The molecular weight excluding hydrogens is 334 g/mol. The Balaban J connectivity index is 1.60. The number of nitrogens with zero attached hydrogens (tertiary/aromatic N) is 2. The number of aliphatic hydroxyl groups is 2. The second-order valence-corrected chi connectivity index (χ2v) is 7.36. The second kappa shape index (κ2) is 6.90. The highest BCUT2D eigenvalue weighted by molar-refractivity contribution is 5.90. The van der Waals surface area contributed by atoms with Crippen LogP contribution in [0, 0.1) is 5.92 Å². The summed E-state index contributed by atoms with van der Waals surface area (Å²) in [6.45, 7) is 1.70. The fourth-order valence-electron chi connectivity index (χ4n) is 4.12. The molecule has 3 atom stereocenters. The van der Waals surface area contributed by atoms with Crippen LogP contribution in [-0.4, -0.2) is 51.7 Å². The van der Waals surface area contributed by atoms with E-state index in [0.717, 1.165) is 48.7 Å². The van der Waals surface area contributed by atoms with Gasteiger partial charge in [0.2, 0.25) is 0 Å². The topological polar surface area (TPSA) is 98.0 Å². The molecule has 140 valence electrons. The third kappa shape index (κ3) is 3.06. The Kier molecular flexibility index (Phi) is 4.60. The number of piperidine rings is 2. The highest BCUT2D eigenvalue weighted by Gasteiger charge is 2.30. The van der Waals surface area contributed by atoms with Gasteiger partial charge in [-0.15, -0.1) is 0 Å². The van der Waals surface area contributed by atoms with E-state index in [1.165, 1.54) is 0 Å². The van der Waals surface area contributed by atoms with Gasteiger partial charge >= 0.3 is 0 Å². The first-order chi connectivity index (χ1) is 12.6. The predicted molar refractivity (Wildman–Crippen MR) is 98.0 cm³/mol. The fraction of sp³-hybridized carbons (Fsp3) is 0.526. The number of aromatic hydroxyl groups is 1. The monoisotopic (exact) mass is 359 g/mol. The van der Waals surface area contributed by atoms with Crippen LogP contribution in [0.2, 0.25) is 0 Å². The Morgan fingerprint density at radius 2 is 1.88 bits per heavy atom. The van der Waals surface area contributed by atoms with Crippen molar-refractivity contribution in [1.29, 1.82) is 0 Å². The minimum Gasteiger partial charge on any atom is -0.494 e. The van der Waals surface area contributed by atoms with Crippen molar-refractivity contribution in [2.24, 2.45) is 5.92 Å². The minimum absolute atomic E-state index is 0.133. The summed E-state index contributed by atoms with van der Waals surface area (Å²) in [6, 6.07) is 5.62. The van der Waals surface area contributed by atoms with Gasteiger partial charge in [-0.1, -0.05) is 0 Å². The second-order valence-electron chi connectivity index (χ2n) is 7.36. The van der Waals surface area contributed by atoms with Gasteiger partial charge in [0.25, 0.3) is 0 Å². The number of aromatic nitrogens is 1. The molecule has 3 heterocycles. The van der Waals surface area contributed by atoms with Crippen LogP contribution in [-0.2, 0) is 4.79 Å². The Hall–Kier alpha value is -2.09. The van der Waals surface area contributed by atoms with Crippen molar-refractivity contribution in [3.05, 3.63) is 24.4 Å². The molecule has 0 radical (unpaired) electrons. The molecule has 2 fully saturated rings. The van der Waals surface area contributed by atoms with E-state index in [1.807, 2.05) is 24.4 Å². The van der Waals surface area contributed by atoms with Gasteiger partial charge in [-0.3, -0.25) is 5.32 Å². The van der Waals surface area contributed by atoms with Gasteiger partial charge in [-0.2, -0.15) is 0 Å². The maximum Gasteiger partial charge on any atom is 0.199 e. The Morgan fingerprint density at radius 3 is 2.58 bits per heavy atom. The van der Waals surface area contributed by atoms with E-state index < -0.39 is 12.5 Å². The van der Waals surface area contributed by atoms with Gasteiger partial charge in [0.05, 0.1) is 6.04 Å². The highest BCUT2D eigenvalue weighted by Crippen LogP contribution is 2.36. The minimum atomic E-state index is -0.909. The molecule has 26 heavy (non-hydrogen) atoms. The highest BCUT2D eigenvalue weighted by atomic mass is 16.3. The Labute approximate surface area is 151 Å². The molecule has 3 unspecified atom stereocenters. The van der Waals surface area contributed by atoms with Crippen LogP contribution >= 0.6 is 0 Å². The lowest BCUT2D eigenvalue weighted by atomic mass is 9.98. The lowest BCUT2D eigenvalue weighted by Gasteiger charge is -2.33. The maximum absolute atomic E-state index is 10.9. The van der Waals surface area contributed by atoms with Crippen molar-refractivity contribution in [3.63, 3.8) is 0 Å². The number of aldehydes is 1. The quantitative estimate of drug-likeness (QED) is 0.617. The van der Waals surface area contributed by atoms with Gasteiger partial charge in [0.1, 0.15) is 18.7 Å². The molecular formula is C19H25N3O4. The van der Waals surface area contributed by atoms with Crippen LogP contribution in [0.15, 0.2) is 24.4 Å². The van der Waals surface area contributed by atoms with E-state index in [2.05, 4.69) is 10.2 Å². The zero-order valence-corrected chi connectivity index (χ0v) is 14.6. The molecule has 0 aliphatic carbocycles. The summed E-state index contributed by atoms with van der Waals surface area (Å²) in [6.07, 6.45) is 4.13. The molecule has 2 aliphatic rings. The van der Waals surface area contributed by atoms with Crippen LogP contribution in [0.1, 0.15) is 31.7 Å². The number of carbonyl (C=O) groups is 1. The summed E-state index contributed by atoms with van der Waals surface area (Å²) in [5, 5.41) is 34.8. The van der Waals surface area contributed by atoms with Crippen molar-refractivity contribution >= 4 is 22.7 Å². The summed E-state index contributed by atoms with van der Waals surface area (Å²) >= 11 is 0. The first-order valence-corrected chi connectivity index (χ1v) is 9.23. The first kappa shape index (κ1) is 17.3. The largest absolute Gasteiger partial charge is 0.494 e. The number of hydrogen-bond donors (Lipinski definition) is 4. The summed E-state index contributed by atoms with van der Waals surface area (Å²) in [7, 11) is 0. The molecule has 4 N–H and O–H groups in total. The number of fused-ring (bicyclic) bond motifs is 1. The molecule has 4 rings (SSSR count). The third-order valence-corrected chi connectivity index (χ3v) is 5.72. The maximum atomic E-state index is 10.9. The van der Waals surface area contributed by atoms with Crippen LogP contribution in [0.5, 0.6) is 5.88 Å². The number of benzene rings is 1. The molecule has 0 saturated carbocycles. The number of rotatable bonds is 3. The van der Waals surface area contributed by atoms with Gasteiger partial charge < -0.3 is 29.6 Å². The van der Waals surface area contributed by atoms with E-state index >= 15 is 0 Å². The summed E-state index contributed by atoms with van der Waals surface area (Å²) in [5.74, 6) is 0.296. The SMILES string of the molecule is O=CC1CCN(c2ccc3c(O)n(C4CCC(O)NC4O)cc3c2)CC1. The molecule has 1 aromatic heterocycles. The standard InChI is InChI=1S/C19H25N3O4/c23-11-12-5-7-21(8-6-12)14-1-2-15-13(9-14)10-22(19(15)26)16-3-4-17(24)20-18(16)25/h1-2,9-12,16-18,20,24-26H,3-8H2. The molecule has 0 amide bonds. The lowest BCUT2D eigenvalue weighted by molar-refractivity contribution is -0.111. The van der Waals surface area contributed by atoms with Gasteiger partial charge in [0.15, 0.2) is 5.88 Å². The fourth-order valence-corrected chi connectivity index (χ4v) is 4.12. The van der Waals surface area contributed by atoms with Gasteiger partial charge in [-0.25, -0.2) is 0 Å². The smallest absolute Gasteiger partial charge is 0.199 e. The average Bonchev–Trinajstić information content (AvgIpc) is 2.98. The van der Waals surface area contributed by atoms with Crippen LogP contribution in [0.25, 0.3) is 10.8 Å². The Bertz CT molecular complexity index is 797. The zero-order chi connectivity index (χ0) is 18.3. The number of carbonyl (C=O) groups excluding carboxylic acids is 1. The molecule has 0 spiro atoms. The summed E-state index contributed by atoms with van der Waals surface area (Å²) in [4.78, 5) is 13.2. The molecule has 0 bridgehead atoms. The lowest BCUT2D eigenvalue weighted by Crippen LogP contribution is -2.47. The van der Waals surface area contributed by atoms with E-state index in [0.29, 0.717) is 12.8 Å².